The van der Waals surface area contributed by atoms with Gasteiger partial charge in [0.25, 0.3) is 0 Å². The van der Waals surface area contributed by atoms with E-state index in [2.05, 4.69) is 35.3 Å². The number of rotatable bonds is 3. The summed E-state index contributed by atoms with van der Waals surface area (Å²) in [7, 11) is 1.95. The summed E-state index contributed by atoms with van der Waals surface area (Å²) in [6.45, 7) is 2.06. The van der Waals surface area contributed by atoms with Gasteiger partial charge in [0.05, 0.1) is 5.92 Å². The van der Waals surface area contributed by atoms with Crippen LogP contribution in [-0.4, -0.2) is 40.1 Å². The summed E-state index contributed by atoms with van der Waals surface area (Å²) in [6, 6.07) is 10.4. The van der Waals surface area contributed by atoms with Crippen LogP contribution < -0.4 is 0 Å². The first-order valence-electron chi connectivity index (χ1n) is 8.86. The molecular formula is C20H23N3O2. The Balaban J connectivity index is 1.47. The van der Waals surface area contributed by atoms with Crippen molar-refractivity contribution >= 4 is 11.5 Å². The fraction of sp³-hybridized carbons (Fsp3) is 0.400. The number of carbonyl (C=O) groups excluding carboxylic acids is 1. The Morgan fingerprint density at radius 1 is 1.28 bits per heavy atom. The summed E-state index contributed by atoms with van der Waals surface area (Å²) in [5.74, 6) is 0.898. The Kier molecular flexibility index (Phi) is 4.40. The molecule has 5 heteroatoms. The lowest BCUT2D eigenvalue weighted by atomic mass is 9.96. The molecule has 1 aromatic carbocycles. The third-order valence-corrected chi connectivity index (χ3v) is 5.19. The van der Waals surface area contributed by atoms with Crippen LogP contribution in [0.2, 0.25) is 0 Å². The normalized spacial score (nSPS) is 23.6. The van der Waals surface area contributed by atoms with Gasteiger partial charge in [0.15, 0.2) is 0 Å². The molecule has 2 aliphatic rings. The number of benzene rings is 1. The van der Waals surface area contributed by atoms with Crippen molar-refractivity contribution in [2.24, 2.45) is 13.0 Å². The maximum Gasteiger partial charge on any atom is 0.229 e. The minimum Gasteiger partial charge on any atom is -0.369 e. The maximum atomic E-state index is 13.0. The van der Waals surface area contributed by atoms with Crippen molar-refractivity contribution in [2.75, 3.05) is 19.7 Å². The SMILES string of the molecule is Cn1ccnc1[C@@H]1OCC[C@H]1C(=O)N1CC=C(c2ccccc2)CC1. The topological polar surface area (TPSA) is 47.4 Å². The van der Waals surface area contributed by atoms with Crippen molar-refractivity contribution in [3.8, 4) is 0 Å². The second-order valence-corrected chi connectivity index (χ2v) is 6.71. The first-order valence-corrected chi connectivity index (χ1v) is 8.86. The van der Waals surface area contributed by atoms with Gasteiger partial charge in [-0.25, -0.2) is 4.98 Å². The van der Waals surface area contributed by atoms with Gasteiger partial charge in [-0.2, -0.15) is 0 Å². The highest BCUT2D eigenvalue weighted by atomic mass is 16.5. The van der Waals surface area contributed by atoms with Crippen molar-refractivity contribution in [1.29, 1.82) is 0 Å². The fourth-order valence-corrected chi connectivity index (χ4v) is 3.77. The third-order valence-electron chi connectivity index (χ3n) is 5.19. The Morgan fingerprint density at radius 3 is 2.80 bits per heavy atom. The smallest absolute Gasteiger partial charge is 0.229 e. The summed E-state index contributed by atoms with van der Waals surface area (Å²) in [6.07, 6.45) is 7.27. The van der Waals surface area contributed by atoms with Crippen LogP contribution in [0.15, 0.2) is 48.8 Å². The monoisotopic (exact) mass is 337 g/mol. The van der Waals surface area contributed by atoms with Gasteiger partial charge in [-0.15, -0.1) is 0 Å². The van der Waals surface area contributed by atoms with E-state index >= 15 is 0 Å². The molecule has 4 rings (SSSR count). The summed E-state index contributed by atoms with van der Waals surface area (Å²) < 4.78 is 7.79. The summed E-state index contributed by atoms with van der Waals surface area (Å²) >= 11 is 0. The molecule has 1 saturated heterocycles. The van der Waals surface area contributed by atoms with E-state index in [-0.39, 0.29) is 17.9 Å². The number of hydrogen-bond donors (Lipinski definition) is 0. The molecule has 1 fully saturated rings. The number of carbonyl (C=O) groups is 1. The standard InChI is InChI=1S/C20H23N3O2/c1-22-13-10-21-19(22)18-17(9-14-25-18)20(24)23-11-7-16(8-12-23)15-5-3-2-4-6-15/h2-7,10,13,17-18H,8-9,11-12,14H2,1H3/t17-,18-/m1/s1. The van der Waals surface area contributed by atoms with Crippen molar-refractivity contribution in [3.05, 3.63) is 60.2 Å². The molecule has 0 unspecified atom stereocenters. The predicted octanol–water partition coefficient (Wildman–Crippen LogP) is 2.81. The van der Waals surface area contributed by atoms with Crippen LogP contribution in [0.3, 0.4) is 0 Å². The molecule has 3 heterocycles. The van der Waals surface area contributed by atoms with Crippen molar-refractivity contribution in [1.82, 2.24) is 14.5 Å². The molecule has 2 atom stereocenters. The average molecular weight is 337 g/mol. The zero-order valence-corrected chi connectivity index (χ0v) is 14.5. The van der Waals surface area contributed by atoms with E-state index in [1.54, 1.807) is 6.20 Å². The molecule has 0 spiro atoms. The molecule has 0 saturated carbocycles. The van der Waals surface area contributed by atoms with Gasteiger partial charge < -0.3 is 14.2 Å². The molecule has 130 valence electrons. The van der Waals surface area contributed by atoms with Crippen molar-refractivity contribution in [3.63, 3.8) is 0 Å². The van der Waals surface area contributed by atoms with Gasteiger partial charge in [0.1, 0.15) is 11.9 Å². The quantitative estimate of drug-likeness (QED) is 0.865. The second kappa shape index (κ2) is 6.84. The van der Waals surface area contributed by atoms with E-state index in [0.29, 0.717) is 13.2 Å². The van der Waals surface area contributed by atoms with E-state index in [0.717, 1.165) is 25.2 Å². The Morgan fingerprint density at radius 2 is 2.12 bits per heavy atom. The lowest BCUT2D eigenvalue weighted by molar-refractivity contribution is -0.137. The zero-order chi connectivity index (χ0) is 17.2. The second-order valence-electron chi connectivity index (χ2n) is 6.71. The van der Waals surface area contributed by atoms with Gasteiger partial charge in [-0.1, -0.05) is 36.4 Å². The summed E-state index contributed by atoms with van der Waals surface area (Å²) in [4.78, 5) is 19.4. The molecule has 5 nitrogen and oxygen atoms in total. The first kappa shape index (κ1) is 16.1. The van der Waals surface area contributed by atoms with Crippen LogP contribution >= 0.6 is 0 Å². The van der Waals surface area contributed by atoms with Crippen LogP contribution in [-0.2, 0) is 16.6 Å². The first-order chi connectivity index (χ1) is 12.2. The third kappa shape index (κ3) is 3.12. The van der Waals surface area contributed by atoms with E-state index in [1.807, 2.05) is 28.8 Å². The minimum atomic E-state index is -0.230. The highest BCUT2D eigenvalue weighted by molar-refractivity contribution is 5.81. The van der Waals surface area contributed by atoms with Crippen LogP contribution in [0.5, 0.6) is 0 Å². The Labute approximate surface area is 147 Å². The Bertz CT molecular complexity index is 781. The highest BCUT2D eigenvalue weighted by Gasteiger charge is 2.39. The van der Waals surface area contributed by atoms with Crippen LogP contribution in [0.1, 0.15) is 30.3 Å². The molecule has 0 bridgehead atoms. The number of imidazole rings is 1. The number of aryl methyl sites for hydroxylation is 1. The number of amides is 1. The van der Waals surface area contributed by atoms with Gasteiger partial charge in [-0.3, -0.25) is 4.79 Å². The van der Waals surface area contributed by atoms with Crippen molar-refractivity contribution in [2.45, 2.75) is 18.9 Å². The predicted molar refractivity (Wildman–Crippen MR) is 95.6 cm³/mol. The van der Waals surface area contributed by atoms with E-state index in [1.165, 1.54) is 11.1 Å². The van der Waals surface area contributed by atoms with E-state index in [9.17, 15) is 4.79 Å². The van der Waals surface area contributed by atoms with Gasteiger partial charge in [0.2, 0.25) is 5.91 Å². The fourth-order valence-electron chi connectivity index (χ4n) is 3.77. The zero-order valence-electron chi connectivity index (χ0n) is 14.5. The van der Waals surface area contributed by atoms with Crippen LogP contribution in [0, 0.1) is 5.92 Å². The molecule has 0 N–H and O–H groups in total. The van der Waals surface area contributed by atoms with E-state index < -0.39 is 0 Å². The number of aromatic nitrogens is 2. The molecule has 1 aromatic heterocycles. The lowest BCUT2D eigenvalue weighted by Gasteiger charge is -2.30. The molecular weight excluding hydrogens is 314 g/mol. The van der Waals surface area contributed by atoms with Crippen LogP contribution in [0.4, 0.5) is 0 Å². The van der Waals surface area contributed by atoms with Gasteiger partial charge >= 0.3 is 0 Å². The maximum absolute atomic E-state index is 13.0. The molecule has 0 radical (unpaired) electrons. The van der Waals surface area contributed by atoms with Crippen molar-refractivity contribution < 1.29 is 9.53 Å². The molecule has 25 heavy (non-hydrogen) atoms. The average Bonchev–Trinajstić information content (AvgIpc) is 3.30. The summed E-state index contributed by atoms with van der Waals surface area (Å²) in [5.41, 5.74) is 2.58. The molecule has 0 aliphatic carbocycles. The van der Waals surface area contributed by atoms with Gasteiger partial charge in [0, 0.05) is 39.1 Å². The highest BCUT2D eigenvalue weighted by Crippen LogP contribution is 2.35. The minimum absolute atomic E-state index is 0.132. The molecule has 2 aromatic rings. The number of nitrogens with zero attached hydrogens (tertiary/aromatic N) is 3. The Hall–Kier alpha value is -2.40. The summed E-state index contributed by atoms with van der Waals surface area (Å²) in [5, 5.41) is 0. The van der Waals surface area contributed by atoms with Gasteiger partial charge in [-0.05, 0) is 24.0 Å². The number of hydrogen-bond acceptors (Lipinski definition) is 3. The lowest BCUT2D eigenvalue weighted by Crippen LogP contribution is -2.40. The number of ether oxygens (including phenoxy) is 1. The van der Waals surface area contributed by atoms with E-state index in [4.69, 9.17) is 4.74 Å². The van der Waals surface area contributed by atoms with Crippen LogP contribution in [0.25, 0.3) is 5.57 Å². The molecule has 1 amide bonds. The molecule has 2 aliphatic heterocycles. The largest absolute Gasteiger partial charge is 0.369 e.